The SMILES string of the molecule is CC(CCC(=O)O)Nc1ccccc1Cc1ccccc1. The van der Waals surface area contributed by atoms with Crippen LogP contribution in [0.3, 0.4) is 0 Å². The molecule has 0 aliphatic heterocycles. The van der Waals surface area contributed by atoms with Crippen molar-refractivity contribution in [1.29, 1.82) is 0 Å². The lowest BCUT2D eigenvalue weighted by atomic mass is 10.0. The largest absolute Gasteiger partial charge is 0.481 e. The van der Waals surface area contributed by atoms with Crippen molar-refractivity contribution in [2.75, 3.05) is 5.32 Å². The van der Waals surface area contributed by atoms with Gasteiger partial charge in [-0.15, -0.1) is 0 Å². The summed E-state index contributed by atoms with van der Waals surface area (Å²) in [7, 11) is 0. The zero-order valence-electron chi connectivity index (χ0n) is 12.3. The highest BCUT2D eigenvalue weighted by molar-refractivity contribution is 5.66. The summed E-state index contributed by atoms with van der Waals surface area (Å²) in [6, 6.07) is 18.7. The van der Waals surface area contributed by atoms with Crippen LogP contribution in [-0.4, -0.2) is 17.1 Å². The number of hydrogen-bond acceptors (Lipinski definition) is 2. The lowest BCUT2D eigenvalue weighted by molar-refractivity contribution is -0.137. The Labute approximate surface area is 125 Å². The minimum Gasteiger partial charge on any atom is -0.481 e. The third-order valence-electron chi connectivity index (χ3n) is 3.45. The highest BCUT2D eigenvalue weighted by Gasteiger charge is 2.08. The molecule has 2 rings (SSSR count). The summed E-state index contributed by atoms with van der Waals surface area (Å²) < 4.78 is 0. The molecule has 0 radical (unpaired) electrons. The molecule has 0 aromatic heterocycles. The number of anilines is 1. The van der Waals surface area contributed by atoms with Gasteiger partial charge in [0.25, 0.3) is 0 Å². The molecule has 0 spiro atoms. The topological polar surface area (TPSA) is 49.3 Å². The van der Waals surface area contributed by atoms with Crippen molar-refractivity contribution >= 4 is 11.7 Å². The summed E-state index contributed by atoms with van der Waals surface area (Å²) in [5.41, 5.74) is 3.58. The third-order valence-corrected chi connectivity index (χ3v) is 3.45. The zero-order chi connectivity index (χ0) is 15.1. The van der Waals surface area contributed by atoms with Gasteiger partial charge in [0.1, 0.15) is 0 Å². The maximum atomic E-state index is 10.6. The molecular formula is C18H21NO2. The molecule has 0 saturated carbocycles. The molecule has 0 heterocycles. The highest BCUT2D eigenvalue weighted by Crippen LogP contribution is 2.20. The predicted octanol–water partition coefficient (Wildman–Crippen LogP) is 3.94. The van der Waals surface area contributed by atoms with Crippen molar-refractivity contribution < 1.29 is 9.90 Å². The van der Waals surface area contributed by atoms with Gasteiger partial charge < -0.3 is 10.4 Å². The van der Waals surface area contributed by atoms with Crippen LogP contribution in [0.5, 0.6) is 0 Å². The van der Waals surface area contributed by atoms with Crippen LogP contribution in [0.4, 0.5) is 5.69 Å². The van der Waals surface area contributed by atoms with E-state index in [1.165, 1.54) is 11.1 Å². The van der Waals surface area contributed by atoms with Crippen LogP contribution >= 0.6 is 0 Å². The van der Waals surface area contributed by atoms with Gasteiger partial charge in [-0.3, -0.25) is 4.79 Å². The average molecular weight is 283 g/mol. The van der Waals surface area contributed by atoms with E-state index in [4.69, 9.17) is 5.11 Å². The van der Waals surface area contributed by atoms with Crippen LogP contribution in [0.2, 0.25) is 0 Å². The fourth-order valence-corrected chi connectivity index (χ4v) is 2.31. The van der Waals surface area contributed by atoms with E-state index in [-0.39, 0.29) is 12.5 Å². The van der Waals surface area contributed by atoms with E-state index in [1.807, 2.05) is 37.3 Å². The molecule has 0 saturated heterocycles. The number of rotatable bonds is 7. The summed E-state index contributed by atoms with van der Waals surface area (Å²) in [5, 5.41) is 12.2. The molecule has 110 valence electrons. The fraction of sp³-hybridized carbons (Fsp3) is 0.278. The van der Waals surface area contributed by atoms with Crippen molar-refractivity contribution in [2.24, 2.45) is 0 Å². The third kappa shape index (κ3) is 4.95. The number of nitrogens with one attached hydrogen (secondary N) is 1. The van der Waals surface area contributed by atoms with Gasteiger partial charge in [-0.05, 0) is 37.0 Å². The van der Waals surface area contributed by atoms with Gasteiger partial charge in [0.05, 0.1) is 0 Å². The Morgan fingerprint density at radius 3 is 2.48 bits per heavy atom. The van der Waals surface area contributed by atoms with Crippen molar-refractivity contribution in [2.45, 2.75) is 32.2 Å². The van der Waals surface area contributed by atoms with Crippen molar-refractivity contribution in [3.63, 3.8) is 0 Å². The summed E-state index contributed by atoms with van der Waals surface area (Å²) in [5.74, 6) is -0.749. The maximum Gasteiger partial charge on any atom is 0.303 e. The average Bonchev–Trinajstić information content (AvgIpc) is 2.48. The van der Waals surface area contributed by atoms with Crippen LogP contribution < -0.4 is 5.32 Å². The predicted molar refractivity (Wildman–Crippen MR) is 85.6 cm³/mol. The molecule has 2 aromatic carbocycles. The Bertz CT molecular complexity index is 581. The van der Waals surface area contributed by atoms with Gasteiger partial charge in [-0.25, -0.2) is 0 Å². The Kier molecular flexibility index (Phi) is 5.38. The van der Waals surface area contributed by atoms with E-state index in [0.717, 1.165) is 12.1 Å². The molecule has 0 bridgehead atoms. The van der Waals surface area contributed by atoms with E-state index in [1.54, 1.807) is 0 Å². The second kappa shape index (κ2) is 7.48. The van der Waals surface area contributed by atoms with Gasteiger partial charge in [-0.1, -0.05) is 48.5 Å². The number of carbonyl (C=O) groups is 1. The quantitative estimate of drug-likeness (QED) is 0.809. The highest BCUT2D eigenvalue weighted by atomic mass is 16.4. The van der Waals surface area contributed by atoms with Gasteiger partial charge in [0, 0.05) is 18.2 Å². The lowest BCUT2D eigenvalue weighted by Gasteiger charge is -2.17. The molecule has 0 fully saturated rings. The molecule has 3 heteroatoms. The molecule has 21 heavy (non-hydrogen) atoms. The minimum absolute atomic E-state index is 0.137. The van der Waals surface area contributed by atoms with Crippen LogP contribution in [0.1, 0.15) is 30.9 Å². The second-order valence-electron chi connectivity index (χ2n) is 5.30. The first-order valence-electron chi connectivity index (χ1n) is 7.25. The van der Waals surface area contributed by atoms with Crippen LogP contribution in [0, 0.1) is 0 Å². The van der Waals surface area contributed by atoms with Gasteiger partial charge in [0.15, 0.2) is 0 Å². The number of aliphatic carboxylic acids is 1. The number of benzene rings is 2. The van der Waals surface area contributed by atoms with E-state index < -0.39 is 5.97 Å². The summed E-state index contributed by atoms with van der Waals surface area (Å²) in [6.45, 7) is 2.02. The van der Waals surface area contributed by atoms with E-state index in [0.29, 0.717) is 6.42 Å². The second-order valence-corrected chi connectivity index (χ2v) is 5.30. The molecule has 2 aromatic rings. The number of carboxylic acids is 1. The smallest absolute Gasteiger partial charge is 0.303 e. The monoisotopic (exact) mass is 283 g/mol. The molecular weight excluding hydrogens is 262 g/mol. The summed E-state index contributed by atoms with van der Waals surface area (Å²) in [6.07, 6.45) is 1.68. The Morgan fingerprint density at radius 2 is 1.76 bits per heavy atom. The number of hydrogen-bond donors (Lipinski definition) is 2. The Hall–Kier alpha value is -2.29. The van der Waals surface area contributed by atoms with E-state index in [9.17, 15) is 4.79 Å². The standard InChI is InChI=1S/C18H21NO2/c1-14(11-12-18(20)21)19-17-10-6-5-9-16(17)13-15-7-3-2-4-8-15/h2-10,14,19H,11-13H2,1H3,(H,20,21). The van der Waals surface area contributed by atoms with E-state index in [2.05, 4.69) is 29.6 Å². The fourth-order valence-electron chi connectivity index (χ4n) is 2.31. The summed E-state index contributed by atoms with van der Waals surface area (Å²) >= 11 is 0. The first-order chi connectivity index (χ1) is 10.1. The zero-order valence-corrected chi connectivity index (χ0v) is 12.3. The first kappa shape index (κ1) is 15.1. The normalized spacial score (nSPS) is 11.9. The molecule has 2 N–H and O–H groups in total. The van der Waals surface area contributed by atoms with Crippen molar-refractivity contribution in [1.82, 2.24) is 0 Å². The van der Waals surface area contributed by atoms with Crippen molar-refractivity contribution in [3.05, 3.63) is 65.7 Å². The molecule has 1 unspecified atom stereocenters. The Morgan fingerprint density at radius 1 is 1.10 bits per heavy atom. The molecule has 1 atom stereocenters. The molecule has 0 aliphatic carbocycles. The molecule has 0 amide bonds. The van der Waals surface area contributed by atoms with Crippen molar-refractivity contribution in [3.8, 4) is 0 Å². The van der Waals surface area contributed by atoms with Gasteiger partial charge in [-0.2, -0.15) is 0 Å². The molecule has 3 nitrogen and oxygen atoms in total. The maximum absolute atomic E-state index is 10.6. The van der Waals surface area contributed by atoms with Crippen LogP contribution in [-0.2, 0) is 11.2 Å². The van der Waals surface area contributed by atoms with Crippen LogP contribution in [0.25, 0.3) is 0 Å². The lowest BCUT2D eigenvalue weighted by Crippen LogP contribution is -2.17. The Balaban J connectivity index is 2.04. The minimum atomic E-state index is -0.749. The molecule has 0 aliphatic rings. The summed E-state index contributed by atoms with van der Waals surface area (Å²) in [4.78, 5) is 10.6. The first-order valence-corrected chi connectivity index (χ1v) is 7.25. The number of carboxylic acid groups (broad SMARTS) is 1. The van der Waals surface area contributed by atoms with E-state index >= 15 is 0 Å². The van der Waals surface area contributed by atoms with Crippen LogP contribution in [0.15, 0.2) is 54.6 Å². The van der Waals surface area contributed by atoms with Gasteiger partial charge in [0.2, 0.25) is 0 Å². The number of para-hydroxylation sites is 1. The van der Waals surface area contributed by atoms with Gasteiger partial charge >= 0.3 is 5.97 Å².